The highest BCUT2D eigenvalue weighted by Crippen LogP contribution is 2.60. The Bertz CT molecular complexity index is 837. The second-order valence-corrected chi connectivity index (χ2v) is 10.3. The maximum Gasteiger partial charge on any atom is 0.338 e. The number of amides is 2. The highest BCUT2D eigenvalue weighted by molar-refractivity contribution is 5.97. The lowest BCUT2D eigenvalue weighted by Crippen LogP contribution is -2.51. The van der Waals surface area contributed by atoms with E-state index in [9.17, 15) is 14.4 Å². The van der Waals surface area contributed by atoms with E-state index < -0.39 is 12.1 Å². The number of likely N-dealkylation sites (tertiary alicyclic amines) is 1. The second kappa shape index (κ2) is 7.95. The van der Waals surface area contributed by atoms with Crippen molar-refractivity contribution in [3.05, 3.63) is 29.8 Å². The quantitative estimate of drug-likeness (QED) is 0.725. The fraction of sp³-hybridized carbons (Fsp3) is 0.640. The summed E-state index contributed by atoms with van der Waals surface area (Å²) in [5, 5.41) is 3.11. The average molecular weight is 425 g/mol. The van der Waals surface area contributed by atoms with Crippen LogP contribution in [0.25, 0.3) is 0 Å². The molecule has 1 atom stereocenters. The van der Waals surface area contributed by atoms with Crippen LogP contribution in [0.15, 0.2) is 24.3 Å². The molecule has 1 heterocycles. The van der Waals surface area contributed by atoms with Crippen LogP contribution in [0.3, 0.4) is 0 Å². The fourth-order valence-electron chi connectivity index (χ4n) is 6.82. The van der Waals surface area contributed by atoms with Crippen LogP contribution in [0.4, 0.5) is 5.69 Å². The Morgan fingerprint density at radius 3 is 2.06 bits per heavy atom. The third kappa shape index (κ3) is 3.97. The summed E-state index contributed by atoms with van der Waals surface area (Å²) in [4.78, 5) is 39.7. The highest BCUT2D eigenvalue weighted by atomic mass is 16.5. The van der Waals surface area contributed by atoms with E-state index in [2.05, 4.69) is 5.32 Å². The van der Waals surface area contributed by atoms with Crippen LogP contribution < -0.4 is 5.32 Å². The van der Waals surface area contributed by atoms with Gasteiger partial charge in [0.15, 0.2) is 6.10 Å². The van der Waals surface area contributed by atoms with Gasteiger partial charge in [-0.15, -0.1) is 0 Å². The SMILES string of the molecule is C[C@H](OC(=O)c1ccc(NC(=O)C23CC4CC(CC(C4)C2)C3)cc1)C(=O)N1CCCC1. The van der Waals surface area contributed by atoms with Gasteiger partial charge in [-0.05, 0) is 100 Å². The van der Waals surface area contributed by atoms with Gasteiger partial charge in [-0.2, -0.15) is 0 Å². The summed E-state index contributed by atoms with van der Waals surface area (Å²) in [6.45, 7) is 3.09. The van der Waals surface area contributed by atoms with Crippen LogP contribution in [0, 0.1) is 23.2 Å². The number of hydrogen-bond donors (Lipinski definition) is 1. The van der Waals surface area contributed by atoms with Crippen molar-refractivity contribution >= 4 is 23.5 Å². The van der Waals surface area contributed by atoms with Crippen LogP contribution in [0.2, 0.25) is 0 Å². The molecular formula is C25H32N2O4. The first-order valence-electron chi connectivity index (χ1n) is 11.8. The minimum Gasteiger partial charge on any atom is -0.449 e. The van der Waals surface area contributed by atoms with Crippen molar-refractivity contribution in [3.8, 4) is 0 Å². The molecule has 166 valence electrons. The zero-order valence-electron chi connectivity index (χ0n) is 18.3. The monoisotopic (exact) mass is 424 g/mol. The first-order valence-corrected chi connectivity index (χ1v) is 11.8. The van der Waals surface area contributed by atoms with Crippen molar-refractivity contribution in [3.63, 3.8) is 0 Å². The Morgan fingerprint density at radius 2 is 1.52 bits per heavy atom. The molecule has 1 saturated heterocycles. The van der Waals surface area contributed by atoms with E-state index in [4.69, 9.17) is 4.74 Å². The van der Waals surface area contributed by atoms with Gasteiger partial charge in [0, 0.05) is 18.8 Å². The summed E-state index contributed by atoms with van der Waals surface area (Å²) in [6, 6.07) is 6.82. The Balaban J connectivity index is 1.19. The van der Waals surface area contributed by atoms with Crippen molar-refractivity contribution in [2.75, 3.05) is 18.4 Å². The molecule has 1 aromatic rings. The average Bonchev–Trinajstić information content (AvgIpc) is 3.27. The molecule has 6 heteroatoms. The number of benzene rings is 1. The van der Waals surface area contributed by atoms with Gasteiger partial charge < -0.3 is 15.0 Å². The third-order valence-corrected chi connectivity index (χ3v) is 7.95. The minimum atomic E-state index is -0.791. The van der Waals surface area contributed by atoms with E-state index in [0.29, 0.717) is 11.3 Å². The largest absolute Gasteiger partial charge is 0.449 e. The van der Waals surface area contributed by atoms with Gasteiger partial charge in [0.2, 0.25) is 5.91 Å². The molecule has 0 spiro atoms. The topological polar surface area (TPSA) is 75.7 Å². The molecule has 5 aliphatic rings. The van der Waals surface area contributed by atoms with Crippen LogP contribution >= 0.6 is 0 Å². The molecule has 0 aromatic heterocycles. The van der Waals surface area contributed by atoms with E-state index in [0.717, 1.165) is 62.9 Å². The summed E-state index contributed by atoms with van der Waals surface area (Å²) in [6.07, 6.45) is 8.22. The number of hydrogen-bond acceptors (Lipinski definition) is 4. The predicted octanol–water partition coefficient (Wildman–Crippen LogP) is 4.01. The number of esters is 1. The van der Waals surface area contributed by atoms with E-state index in [-0.39, 0.29) is 17.2 Å². The van der Waals surface area contributed by atoms with E-state index in [1.165, 1.54) is 19.3 Å². The van der Waals surface area contributed by atoms with Crippen molar-refractivity contribution in [1.82, 2.24) is 4.90 Å². The molecule has 2 amide bonds. The molecule has 1 aromatic carbocycles. The van der Waals surface area contributed by atoms with Crippen LogP contribution in [-0.2, 0) is 14.3 Å². The molecule has 6 rings (SSSR count). The van der Waals surface area contributed by atoms with Crippen molar-refractivity contribution in [2.45, 2.75) is 64.4 Å². The number of nitrogens with zero attached hydrogens (tertiary/aromatic N) is 1. The summed E-state index contributed by atoms with van der Waals surface area (Å²) in [7, 11) is 0. The molecule has 1 aliphatic heterocycles. The van der Waals surface area contributed by atoms with E-state index >= 15 is 0 Å². The van der Waals surface area contributed by atoms with Crippen molar-refractivity contribution < 1.29 is 19.1 Å². The molecule has 4 saturated carbocycles. The van der Waals surface area contributed by atoms with Gasteiger partial charge in [0.1, 0.15) is 0 Å². The van der Waals surface area contributed by atoms with Gasteiger partial charge in [-0.1, -0.05) is 0 Å². The number of carbonyl (C=O) groups is 3. The lowest BCUT2D eigenvalue weighted by Gasteiger charge is -2.55. The van der Waals surface area contributed by atoms with Crippen molar-refractivity contribution in [1.29, 1.82) is 0 Å². The first-order chi connectivity index (χ1) is 14.9. The first kappa shape index (κ1) is 20.5. The summed E-state index contributed by atoms with van der Waals surface area (Å²) in [5.74, 6) is 1.66. The zero-order valence-corrected chi connectivity index (χ0v) is 18.3. The zero-order chi connectivity index (χ0) is 21.6. The minimum absolute atomic E-state index is 0.134. The maximum absolute atomic E-state index is 13.2. The maximum atomic E-state index is 13.2. The second-order valence-electron chi connectivity index (χ2n) is 10.3. The fourth-order valence-corrected chi connectivity index (χ4v) is 6.82. The molecule has 4 aliphatic carbocycles. The Morgan fingerprint density at radius 1 is 0.968 bits per heavy atom. The van der Waals surface area contributed by atoms with Crippen LogP contribution in [0.1, 0.15) is 68.6 Å². The molecule has 0 unspecified atom stereocenters. The van der Waals surface area contributed by atoms with E-state index in [1.807, 2.05) is 0 Å². The number of rotatable bonds is 5. The number of ether oxygens (including phenoxy) is 1. The lowest BCUT2D eigenvalue weighted by atomic mass is 9.49. The predicted molar refractivity (Wildman–Crippen MR) is 116 cm³/mol. The van der Waals surface area contributed by atoms with Gasteiger partial charge in [0.05, 0.1) is 11.0 Å². The summed E-state index contributed by atoms with van der Waals surface area (Å²) in [5.41, 5.74) is 0.893. The number of anilines is 1. The van der Waals surface area contributed by atoms with Gasteiger partial charge >= 0.3 is 5.97 Å². The molecular weight excluding hydrogens is 392 g/mol. The summed E-state index contributed by atoms with van der Waals surface area (Å²) >= 11 is 0. The van der Waals surface area contributed by atoms with Crippen LogP contribution in [0.5, 0.6) is 0 Å². The molecule has 1 N–H and O–H groups in total. The molecule has 31 heavy (non-hydrogen) atoms. The standard InChI is InChI=1S/C25H32N2O4/c1-16(22(28)27-8-2-3-9-27)31-23(29)20-4-6-21(7-5-20)26-24(30)25-13-17-10-18(14-25)12-19(11-17)15-25/h4-7,16-19H,2-3,8-15H2,1H3,(H,26,30)/t16-,17?,18?,19?,25?/m0/s1. The van der Waals surface area contributed by atoms with Gasteiger partial charge in [-0.25, -0.2) is 4.79 Å². The highest BCUT2D eigenvalue weighted by Gasteiger charge is 2.54. The third-order valence-electron chi connectivity index (χ3n) is 7.95. The lowest BCUT2D eigenvalue weighted by molar-refractivity contribution is -0.140. The number of nitrogens with one attached hydrogen (secondary N) is 1. The Hall–Kier alpha value is -2.37. The molecule has 5 fully saturated rings. The van der Waals surface area contributed by atoms with Gasteiger partial charge in [0.25, 0.3) is 5.91 Å². The van der Waals surface area contributed by atoms with E-state index in [1.54, 1.807) is 36.1 Å². The Labute approximate surface area is 183 Å². The summed E-state index contributed by atoms with van der Waals surface area (Å²) < 4.78 is 5.38. The van der Waals surface area contributed by atoms with Crippen molar-refractivity contribution in [2.24, 2.45) is 23.2 Å². The van der Waals surface area contributed by atoms with Crippen LogP contribution in [-0.4, -0.2) is 41.9 Å². The molecule has 6 nitrogen and oxygen atoms in total. The molecule has 4 bridgehead atoms. The smallest absolute Gasteiger partial charge is 0.338 e. The normalized spacial score (nSPS) is 32.0. The number of carbonyl (C=O) groups excluding carboxylic acids is 3. The Kier molecular flexibility index (Phi) is 5.27. The van der Waals surface area contributed by atoms with Gasteiger partial charge in [-0.3, -0.25) is 9.59 Å². The molecule has 0 radical (unpaired) electrons.